The van der Waals surface area contributed by atoms with Crippen molar-refractivity contribution in [1.29, 1.82) is 0 Å². The zero-order chi connectivity index (χ0) is 24.2. The number of amides is 1. The van der Waals surface area contributed by atoms with Gasteiger partial charge in [-0.15, -0.1) is 0 Å². The third-order valence-electron chi connectivity index (χ3n) is 7.44. The molecule has 0 radical (unpaired) electrons. The molecule has 36 heavy (non-hydrogen) atoms. The third-order valence-corrected chi connectivity index (χ3v) is 7.44. The van der Waals surface area contributed by atoms with Gasteiger partial charge in [0.05, 0.1) is 29.5 Å². The van der Waals surface area contributed by atoms with Crippen LogP contribution in [0.5, 0.6) is 0 Å². The van der Waals surface area contributed by atoms with Crippen LogP contribution in [0.25, 0.3) is 22.6 Å². The van der Waals surface area contributed by atoms with Gasteiger partial charge in [-0.2, -0.15) is 10.2 Å². The molecule has 11 nitrogen and oxygen atoms in total. The second-order valence-electron chi connectivity index (χ2n) is 9.50. The first kappa shape index (κ1) is 20.8. The summed E-state index contributed by atoms with van der Waals surface area (Å²) in [5.41, 5.74) is 10.8. The van der Waals surface area contributed by atoms with Gasteiger partial charge in [-0.25, -0.2) is 19.6 Å². The highest BCUT2D eigenvalue weighted by Crippen LogP contribution is 2.43. The van der Waals surface area contributed by atoms with E-state index in [1.165, 1.54) is 6.33 Å². The molecule has 0 spiro atoms. The predicted molar refractivity (Wildman–Crippen MR) is 131 cm³/mol. The van der Waals surface area contributed by atoms with Gasteiger partial charge in [0.15, 0.2) is 11.5 Å². The Hall–Kier alpha value is -4.54. The number of H-pyrrole nitrogens is 1. The monoisotopic (exact) mass is 480 g/mol. The molecule has 0 aliphatic carbocycles. The Morgan fingerprint density at radius 3 is 2.58 bits per heavy atom. The number of nitrogens with two attached hydrogens (primary N) is 1. The highest BCUT2D eigenvalue weighted by Gasteiger charge is 2.45. The standard InChI is InChI=1S/C25H24N10O/c26-22-24-27-11-21(16-10-30-34(12-16)17-4-2-1-3-5-17)33(24)13-20(31-22)15-8-18-6-7-19(9-15)35(18)25(36)23-28-14-29-32-23/h1-5,10-15,18-19H,6-9H2,(H2,26,31)(H,28,29,32)/t18-,19-/m0/s1. The lowest BCUT2D eigenvalue weighted by molar-refractivity contribution is 0.0557. The van der Waals surface area contributed by atoms with Crippen LogP contribution in [0.15, 0.2) is 61.4 Å². The summed E-state index contributed by atoms with van der Waals surface area (Å²) in [4.78, 5) is 28.3. The number of nitrogen functional groups attached to an aromatic ring is 1. The molecule has 2 saturated heterocycles. The minimum atomic E-state index is -0.0753. The molecule has 1 amide bonds. The van der Waals surface area contributed by atoms with Crippen molar-refractivity contribution in [3.63, 3.8) is 0 Å². The van der Waals surface area contributed by atoms with Crippen molar-refractivity contribution in [2.45, 2.75) is 43.7 Å². The van der Waals surface area contributed by atoms with E-state index < -0.39 is 0 Å². The fraction of sp³-hybridized carbons (Fsp3) is 0.280. The topological polar surface area (TPSA) is 136 Å². The molecular formula is C25H24N10O. The minimum Gasteiger partial charge on any atom is -0.381 e. The fourth-order valence-electron chi connectivity index (χ4n) is 5.80. The van der Waals surface area contributed by atoms with Gasteiger partial charge in [-0.1, -0.05) is 18.2 Å². The maximum absolute atomic E-state index is 13.0. The van der Waals surface area contributed by atoms with Crippen LogP contribution in [0.4, 0.5) is 5.82 Å². The van der Waals surface area contributed by atoms with E-state index in [0.29, 0.717) is 17.3 Å². The van der Waals surface area contributed by atoms with Gasteiger partial charge in [0.25, 0.3) is 5.91 Å². The molecule has 0 unspecified atom stereocenters. The smallest absolute Gasteiger partial charge is 0.291 e. The van der Waals surface area contributed by atoms with Crippen molar-refractivity contribution in [1.82, 2.24) is 44.2 Å². The maximum atomic E-state index is 13.0. The van der Waals surface area contributed by atoms with Crippen LogP contribution in [-0.2, 0) is 0 Å². The molecule has 2 fully saturated rings. The Labute approximate surface area is 206 Å². The van der Waals surface area contributed by atoms with Crippen molar-refractivity contribution in [2.24, 2.45) is 0 Å². The van der Waals surface area contributed by atoms with Crippen LogP contribution in [0.3, 0.4) is 0 Å². The molecule has 11 heteroatoms. The lowest BCUT2D eigenvalue weighted by Gasteiger charge is -2.38. The molecule has 7 rings (SSSR count). The molecule has 6 heterocycles. The Bertz CT molecular complexity index is 1540. The van der Waals surface area contributed by atoms with Gasteiger partial charge in [0.2, 0.25) is 5.82 Å². The SMILES string of the molecule is Nc1nc(C2C[C@@H]3CC[C@@H](C2)N3C(=O)c2ncn[nH]2)cn2c(-c3cnn(-c4ccccc4)c3)cnc12. The summed E-state index contributed by atoms with van der Waals surface area (Å²) < 4.78 is 3.86. The van der Waals surface area contributed by atoms with Crippen molar-refractivity contribution in [3.8, 4) is 16.9 Å². The van der Waals surface area contributed by atoms with Crippen LogP contribution in [0, 0.1) is 0 Å². The summed E-state index contributed by atoms with van der Waals surface area (Å²) in [6, 6.07) is 10.3. The second kappa shape index (κ2) is 8.01. The number of nitrogens with one attached hydrogen (secondary N) is 1. The summed E-state index contributed by atoms with van der Waals surface area (Å²) in [6.45, 7) is 0. The Morgan fingerprint density at radius 2 is 1.83 bits per heavy atom. The summed E-state index contributed by atoms with van der Waals surface area (Å²) in [6.07, 6.45) is 12.7. The van der Waals surface area contributed by atoms with Crippen LogP contribution in [-0.4, -0.2) is 62.2 Å². The number of hydrogen-bond donors (Lipinski definition) is 2. The Balaban J connectivity index is 1.20. The molecule has 2 atom stereocenters. The number of aromatic amines is 1. The number of fused-ring (bicyclic) bond motifs is 3. The van der Waals surface area contributed by atoms with E-state index in [2.05, 4.69) is 25.3 Å². The number of carbonyl (C=O) groups excluding carboxylic acids is 1. The van der Waals surface area contributed by atoms with Crippen molar-refractivity contribution >= 4 is 17.4 Å². The molecule has 4 aromatic heterocycles. The Kier molecular flexibility index (Phi) is 4.63. The lowest BCUT2D eigenvalue weighted by atomic mass is 9.88. The first-order chi connectivity index (χ1) is 17.7. The minimum absolute atomic E-state index is 0.0753. The lowest BCUT2D eigenvalue weighted by Crippen LogP contribution is -2.46. The van der Waals surface area contributed by atoms with E-state index in [4.69, 9.17) is 10.7 Å². The van der Waals surface area contributed by atoms with Gasteiger partial charge >= 0.3 is 0 Å². The normalized spacial score (nSPS) is 21.3. The highest BCUT2D eigenvalue weighted by atomic mass is 16.2. The number of piperidine rings is 1. The van der Waals surface area contributed by atoms with Gasteiger partial charge in [-0.05, 0) is 37.8 Å². The van der Waals surface area contributed by atoms with Crippen molar-refractivity contribution in [3.05, 3.63) is 73.0 Å². The molecule has 2 bridgehead atoms. The van der Waals surface area contributed by atoms with Gasteiger partial charge in [0.1, 0.15) is 6.33 Å². The van der Waals surface area contributed by atoms with E-state index in [-0.39, 0.29) is 23.9 Å². The largest absolute Gasteiger partial charge is 0.381 e. The molecule has 2 aliphatic rings. The molecule has 1 aromatic carbocycles. The average molecular weight is 481 g/mol. The summed E-state index contributed by atoms with van der Waals surface area (Å²) in [5, 5.41) is 11.1. The van der Waals surface area contributed by atoms with E-state index in [1.54, 1.807) is 0 Å². The van der Waals surface area contributed by atoms with E-state index in [0.717, 1.165) is 48.3 Å². The van der Waals surface area contributed by atoms with Crippen LogP contribution >= 0.6 is 0 Å². The summed E-state index contributed by atoms with van der Waals surface area (Å²) >= 11 is 0. The number of carbonyl (C=O) groups is 1. The zero-order valence-corrected chi connectivity index (χ0v) is 19.4. The summed E-state index contributed by atoms with van der Waals surface area (Å²) in [7, 11) is 0. The van der Waals surface area contributed by atoms with Gasteiger partial charge in [0, 0.05) is 36.0 Å². The third kappa shape index (κ3) is 3.27. The van der Waals surface area contributed by atoms with Crippen LogP contribution in [0.1, 0.15) is 47.9 Å². The number of imidazole rings is 1. The fourth-order valence-corrected chi connectivity index (χ4v) is 5.80. The molecule has 0 saturated carbocycles. The number of hydrogen-bond acceptors (Lipinski definition) is 7. The molecule has 5 aromatic rings. The Morgan fingerprint density at radius 1 is 1.03 bits per heavy atom. The first-order valence-corrected chi connectivity index (χ1v) is 12.1. The summed E-state index contributed by atoms with van der Waals surface area (Å²) in [5.74, 6) is 0.832. The van der Waals surface area contributed by atoms with Crippen molar-refractivity contribution in [2.75, 3.05) is 5.73 Å². The average Bonchev–Trinajstić information content (AvgIpc) is 3.70. The van der Waals surface area contributed by atoms with E-state index in [1.807, 2.05) is 69.1 Å². The molecular weight excluding hydrogens is 456 g/mol. The highest BCUT2D eigenvalue weighted by molar-refractivity contribution is 5.91. The van der Waals surface area contributed by atoms with Crippen molar-refractivity contribution < 1.29 is 4.79 Å². The number of para-hydroxylation sites is 1. The zero-order valence-electron chi connectivity index (χ0n) is 19.4. The number of benzene rings is 1. The predicted octanol–water partition coefficient (Wildman–Crippen LogP) is 2.83. The van der Waals surface area contributed by atoms with Gasteiger partial charge < -0.3 is 10.6 Å². The van der Waals surface area contributed by atoms with E-state index in [9.17, 15) is 4.79 Å². The van der Waals surface area contributed by atoms with Gasteiger partial charge in [-0.3, -0.25) is 14.3 Å². The second-order valence-corrected chi connectivity index (χ2v) is 9.50. The molecule has 2 aliphatic heterocycles. The molecule has 3 N–H and O–H groups in total. The quantitative estimate of drug-likeness (QED) is 0.404. The van der Waals surface area contributed by atoms with Crippen LogP contribution < -0.4 is 5.73 Å². The number of aromatic nitrogens is 8. The van der Waals surface area contributed by atoms with Crippen LogP contribution in [0.2, 0.25) is 0 Å². The number of nitrogens with zero attached hydrogens (tertiary/aromatic N) is 8. The van der Waals surface area contributed by atoms with E-state index >= 15 is 0 Å². The molecule has 180 valence electrons. The number of anilines is 1. The maximum Gasteiger partial charge on any atom is 0.291 e. The number of rotatable bonds is 4. The first-order valence-electron chi connectivity index (χ1n) is 12.1.